The van der Waals surface area contributed by atoms with Crippen LogP contribution in [0.1, 0.15) is 51.9 Å². The molecule has 4 fully saturated rings. The summed E-state index contributed by atoms with van der Waals surface area (Å²) < 4.78 is 0. The molecule has 0 spiro atoms. The van der Waals surface area contributed by atoms with Crippen molar-refractivity contribution >= 4 is 6.08 Å². The van der Waals surface area contributed by atoms with Crippen molar-refractivity contribution in [3.8, 4) is 0 Å². The van der Waals surface area contributed by atoms with Crippen molar-refractivity contribution in [1.82, 2.24) is 0 Å². The fourth-order valence-electron chi connectivity index (χ4n) is 5.04. The molecule has 2 nitrogen and oxygen atoms in total. The Morgan fingerprint density at radius 1 is 1.27 bits per heavy atom. The van der Waals surface area contributed by atoms with Crippen molar-refractivity contribution in [3.63, 3.8) is 0 Å². The Balaban J connectivity index is 1.98. The van der Waals surface area contributed by atoms with Crippen LogP contribution in [0.5, 0.6) is 0 Å². The number of aliphatic imine (C=N–C) groups is 1. The molecule has 0 saturated heterocycles. The predicted molar refractivity (Wildman–Crippen MR) is 58.3 cm³/mol. The minimum absolute atomic E-state index is 0.0157. The second kappa shape index (κ2) is 2.95. The van der Waals surface area contributed by atoms with E-state index >= 15 is 0 Å². The Hall–Kier alpha value is -0.620. The summed E-state index contributed by atoms with van der Waals surface area (Å²) in [6.07, 6.45) is 10.8. The van der Waals surface area contributed by atoms with Gasteiger partial charge >= 0.3 is 0 Å². The molecule has 2 atom stereocenters. The quantitative estimate of drug-likeness (QED) is 0.503. The zero-order chi connectivity index (χ0) is 10.5. The molecule has 82 valence electrons. The van der Waals surface area contributed by atoms with Gasteiger partial charge in [0.05, 0.1) is 5.54 Å². The lowest BCUT2D eigenvalue weighted by Crippen LogP contribution is -2.54. The lowest BCUT2D eigenvalue weighted by atomic mass is 9.46. The molecule has 0 N–H and O–H groups in total. The molecule has 0 aromatic carbocycles. The summed E-state index contributed by atoms with van der Waals surface area (Å²) in [5.41, 5.74) is 0.548. The standard InChI is InChI=1S/C13H19NO/c1-2-12-4-10-3-11(5-12)7-13(6-10,8-12)14-9-15/h10-11H,2-8H2,1H3. The molecular formula is C13H19NO. The van der Waals surface area contributed by atoms with Crippen LogP contribution in [-0.4, -0.2) is 11.6 Å². The Bertz CT molecular complexity index is 315. The molecule has 4 aliphatic carbocycles. The molecule has 2 unspecified atom stereocenters. The summed E-state index contributed by atoms with van der Waals surface area (Å²) in [4.78, 5) is 14.8. The first kappa shape index (κ1) is 9.59. The molecule has 0 radical (unpaired) electrons. The molecular weight excluding hydrogens is 186 g/mol. The Morgan fingerprint density at radius 2 is 1.93 bits per heavy atom. The SMILES string of the molecule is CCC12CC3CC(C1)CC(N=C=O)(C3)C2. The van der Waals surface area contributed by atoms with E-state index in [1.54, 1.807) is 0 Å². The van der Waals surface area contributed by atoms with Crippen molar-refractivity contribution in [2.24, 2.45) is 22.2 Å². The van der Waals surface area contributed by atoms with E-state index in [9.17, 15) is 4.79 Å². The average Bonchev–Trinajstić information content (AvgIpc) is 2.15. The van der Waals surface area contributed by atoms with Gasteiger partial charge in [0.1, 0.15) is 0 Å². The van der Waals surface area contributed by atoms with Gasteiger partial charge in [-0.25, -0.2) is 4.79 Å². The minimum Gasteiger partial charge on any atom is -0.211 e. The lowest BCUT2D eigenvalue weighted by molar-refractivity contribution is -0.0676. The molecule has 0 aliphatic heterocycles. The van der Waals surface area contributed by atoms with Gasteiger partial charge in [-0.1, -0.05) is 13.3 Å². The van der Waals surface area contributed by atoms with Gasteiger partial charge in [0.15, 0.2) is 0 Å². The molecule has 0 aromatic rings. The normalized spacial score (nSPS) is 51.5. The first-order valence-corrected chi connectivity index (χ1v) is 6.28. The van der Waals surface area contributed by atoms with Crippen LogP contribution in [0.3, 0.4) is 0 Å². The number of rotatable bonds is 2. The highest BCUT2D eigenvalue weighted by molar-refractivity contribution is 5.36. The highest BCUT2D eigenvalue weighted by atomic mass is 16.1. The Labute approximate surface area is 91.2 Å². The molecule has 4 saturated carbocycles. The first-order chi connectivity index (χ1) is 7.19. The van der Waals surface area contributed by atoms with Crippen molar-refractivity contribution in [1.29, 1.82) is 0 Å². The van der Waals surface area contributed by atoms with E-state index in [-0.39, 0.29) is 5.54 Å². The maximum absolute atomic E-state index is 10.6. The summed E-state index contributed by atoms with van der Waals surface area (Å²) in [5.74, 6) is 1.70. The fraction of sp³-hybridized carbons (Fsp3) is 0.923. The van der Waals surface area contributed by atoms with Crippen molar-refractivity contribution in [3.05, 3.63) is 0 Å². The van der Waals surface area contributed by atoms with Crippen LogP contribution in [0.25, 0.3) is 0 Å². The van der Waals surface area contributed by atoms with Gasteiger partial charge < -0.3 is 0 Å². The average molecular weight is 205 g/mol. The minimum atomic E-state index is 0.0157. The van der Waals surface area contributed by atoms with Crippen LogP contribution in [0.2, 0.25) is 0 Å². The maximum Gasteiger partial charge on any atom is 0.235 e. The van der Waals surface area contributed by atoms with Crippen LogP contribution in [0.4, 0.5) is 0 Å². The Morgan fingerprint density at radius 3 is 2.47 bits per heavy atom. The van der Waals surface area contributed by atoms with E-state index in [4.69, 9.17) is 0 Å². The van der Waals surface area contributed by atoms with Crippen LogP contribution >= 0.6 is 0 Å². The van der Waals surface area contributed by atoms with Gasteiger partial charge in [-0.15, -0.1) is 0 Å². The van der Waals surface area contributed by atoms with Gasteiger partial charge in [0.2, 0.25) is 6.08 Å². The van der Waals surface area contributed by atoms with Crippen LogP contribution in [0.15, 0.2) is 4.99 Å². The van der Waals surface area contributed by atoms with E-state index in [0.717, 1.165) is 11.8 Å². The summed E-state index contributed by atoms with van der Waals surface area (Å²) in [5, 5.41) is 0. The third kappa shape index (κ3) is 1.31. The number of isocyanates is 1. The van der Waals surface area contributed by atoms with E-state index in [0.29, 0.717) is 5.41 Å². The number of nitrogens with zero attached hydrogens (tertiary/aromatic N) is 1. The van der Waals surface area contributed by atoms with Gasteiger partial charge in [0, 0.05) is 0 Å². The first-order valence-electron chi connectivity index (χ1n) is 6.28. The molecule has 2 heteroatoms. The van der Waals surface area contributed by atoms with E-state index in [2.05, 4.69) is 11.9 Å². The zero-order valence-corrected chi connectivity index (χ0v) is 9.46. The summed E-state index contributed by atoms with van der Waals surface area (Å²) in [6.45, 7) is 2.31. The predicted octanol–water partition coefficient (Wildman–Crippen LogP) is 3.07. The summed E-state index contributed by atoms with van der Waals surface area (Å²) >= 11 is 0. The Kier molecular flexibility index (Phi) is 1.88. The fourth-order valence-corrected chi connectivity index (χ4v) is 5.04. The second-order valence-corrected chi connectivity index (χ2v) is 6.24. The largest absolute Gasteiger partial charge is 0.235 e. The monoisotopic (exact) mass is 205 g/mol. The van der Waals surface area contributed by atoms with Gasteiger partial charge in [-0.05, 0) is 55.8 Å². The second-order valence-electron chi connectivity index (χ2n) is 6.24. The van der Waals surface area contributed by atoms with E-state index in [1.165, 1.54) is 44.9 Å². The molecule has 4 aliphatic rings. The summed E-state index contributed by atoms with van der Waals surface area (Å²) in [7, 11) is 0. The zero-order valence-electron chi connectivity index (χ0n) is 9.46. The smallest absolute Gasteiger partial charge is 0.211 e. The van der Waals surface area contributed by atoms with Gasteiger partial charge in [0.25, 0.3) is 0 Å². The number of hydrogen-bond donors (Lipinski definition) is 0. The topological polar surface area (TPSA) is 29.4 Å². The summed E-state index contributed by atoms with van der Waals surface area (Å²) in [6, 6.07) is 0. The molecule has 0 aromatic heterocycles. The van der Waals surface area contributed by atoms with Crippen molar-refractivity contribution in [2.45, 2.75) is 57.4 Å². The van der Waals surface area contributed by atoms with Gasteiger partial charge in [-0.2, -0.15) is 4.99 Å². The van der Waals surface area contributed by atoms with Gasteiger partial charge in [-0.3, -0.25) is 0 Å². The number of carbonyl (C=O) groups excluding carboxylic acids is 1. The van der Waals surface area contributed by atoms with Crippen LogP contribution < -0.4 is 0 Å². The lowest BCUT2D eigenvalue weighted by Gasteiger charge is -2.60. The highest BCUT2D eigenvalue weighted by Gasteiger charge is 2.57. The molecule has 15 heavy (non-hydrogen) atoms. The third-order valence-corrected chi connectivity index (χ3v) is 5.18. The number of hydrogen-bond acceptors (Lipinski definition) is 2. The molecule has 0 amide bonds. The third-order valence-electron chi connectivity index (χ3n) is 5.18. The highest BCUT2D eigenvalue weighted by Crippen LogP contribution is 2.63. The van der Waals surface area contributed by atoms with Crippen LogP contribution in [0, 0.1) is 17.3 Å². The van der Waals surface area contributed by atoms with E-state index < -0.39 is 0 Å². The van der Waals surface area contributed by atoms with E-state index in [1.807, 2.05) is 6.08 Å². The van der Waals surface area contributed by atoms with Crippen LogP contribution in [-0.2, 0) is 4.79 Å². The maximum atomic E-state index is 10.6. The molecule has 4 rings (SSSR count). The molecule has 4 bridgehead atoms. The molecule has 0 heterocycles. The van der Waals surface area contributed by atoms with Crippen molar-refractivity contribution in [2.75, 3.05) is 0 Å². The van der Waals surface area contributed by atoms with Crippen molar-refractivity contribution < 1.29 is 4.79 Å².